The average molecular weight is 255 g/mol. The smallest absolute Gasteiger partial charge is 0.236 e. The zero-order valence-electron chi connectivity index (χ0n) is 10.9. The number of fused-ring (bicyclic) bond motifs is 1. The van der Waals surface area contributed by atoms with Gasteiger partial charge in [0, 0.05) is 5.56 Å². The molecule has 2 nitrogen and oxygen atoms in total. The molecule has 1 aliphatic rings. The molecule has 96 valence electrons. The van der Waals surface area contributed by atoms with Crippen LogP contribution in [-0.2, 0) is 11.2 Å². The molecule has 0 bridgehead atoms. The first-order valence-electron chi connectivity index (χ1n) is 6.26. The van der Waals surface area contributed by atoms with E-state index in [4.69, 9.17) is 0 Å². The summed E-state index contributed by atoms with van der Waals surface area (Å²) in [6.45, 7) is 3.99. The number of carbonyl (C=O) groups excluding carboxylic acids is 1. The van der Waals surface area contributed by atoms with Crippen molar-refractivity contribution >= 4 is 17.3 Å². The number of hydrogen-bond acceptors (Lipinski definition) is 1. The second-order valence-electron chi connectivity index (χ2n) is 4.86. The molecule has 1 aliphatic heterocycles. The van der Waals surface area contributed by atoms with Crippen molar-refractivity contribution in [2.24, 2.45) is 0 Å². The fraction of sp³-hybridized carbons (Fsp3) is 0.188. The van der Waals surface area contributed by atoms with Crippen LogP contribution in [0, 0.1) is 19.7 Å². The van der Waals surface area contributed by atoms with Crippen LogP contribution in [0.3, 0.4) is 0 Å². The van der Waals surface area contributed by atoms with Gasteiger partial charge in [0.1, 0.15) is 5.82 Å². The van der Waals surface area contributed by atoms with E-state index in [0.717, 1.165) is 16.8 Å². The molecule has 0 fully saturated rings. The number of nitrogens with zero attached hydrogens (tertiary/aromatic N) is 1. The minimum atomic E-state index is -0.307. The molecule has 0 atom stereocenters. The maximum absolute atomic E-state index is 13.8. The van der Waals surface area contributed by atoms with Crippen LogP contribution in [0.25, 0.3) is 0 Å². The maximum atomic E-state index is 13.8. The predicted molar refractivity (Wildman–Crippen MR) is 73.2 cm³/mol. The third kappa shape index (κ3) is 1.73. The van der Waals surface area contributed by atoms with E-state index in [2.05, 4.69) is 0 Å². The molecule has 19 heavy (non-hydrogen) atoms. The second-order valence-corrected chi connectivity index (χ2v) is 4.86. The lowest BCUT2D eigenvalue weighted by Crippen LogP contribution is -2.21. The molecule has 0 aromatic heterocycles. The van der Waals surface area contributed by atoms with E-state index in [1.807, 2.05) is 32.0 Å². The monoisotopic (exact) mass is 255 g/mol. The third-order valence-electron chi connectivity index (χ3n) is 3.73. The molecule has 3 rings (SSSR count). The summed E-state index contributed by atoms with van der Waals surface area (Å²) in [5.41, 5.74) is 4.17. The van der Waals surface area contributed by atoms with Crippen molar-refractivity contribution in [3.63, 3.8) is 0 Å². The quantitative estimate of drug-likeness (QED) is 0.761. The number of benzene rings is 2. The summed E-state index contributed by atoms with van der Waals surface area (Å²) in [6, 6.07) is 10.7. The molecule has 0 saturated carbocycles. The molecule has 0 unspecified atom stereocenters. The lowest BCUT2D eigenvalue weighted by molar-refractivity contribution is -0.116. The van der Waals surface area contributed by atoms with Gasteiger partial charge in [-0.3, -0.25) is 9.69 Å². The Kier molecular flexibility index (Phi) is 2.63. The van der Waals surface area contributed by atoms with Gasteiger partial charge in [0.25, 0.3) is 0 Å². The van der Waals surface area contributed by atoms with Gasteiger partial charge in [-0.25, -0.2) is 4.39 Å². The molecule has 3 heteroatoms. The van der Waals surface area contributed by atoms with Crippen molar-refractivity contribution in [1.82, 2.24) is 0 Å². The summed E-state index contributed by atoms with van der Waals surface area (Å²) < 4.78 is 13.8. The number of aryl methyl sites for hydroxylation is 1. The van der Waals surface area contributed by atoms with E-state index in [1.165, 1.54) is 6.07 Å². The van der Waals surface area contributed by atoms with Crippen LogP contribution in [-0.4, -0.2) is 5.91 Å². The van der Waals surface area contributed by atoms with Crippen molar-refractivity contribution in [1.29, 1.82) is 0 Å². The Labute approximate surface area is 111 Å². The Morgan fingerprint density at radius 1 is 1.05 bits per heavy atom. The molecule has 2 aromatic carbocycles. The Bertz CT molecular complexity index is 678. The summed E-state index contributed by atoms with van der Waals surface area (Å²) in [4.78, 5) is 13.8. The van der Waals surface area contributed by atoms with Crippen LogP contribution in [0.2, 0.25) is 0 Å². The normalized spacial score (nSPS) is 13.8. The van der Waals surface area contributed by atoms with Crippen molar-refractivity contribution < 1.29 is 9.18 Å². The largest absolute Gasteiger partial charge is 0.280 e. The topological polar surface area (TPSA) is 20.3 Å². The summed E-state index contributed by atoms with van der Waals surface area (Å²) in [6.07, 6.45) is 0.134. The van der Waals surface area contributed by atoms with Crippen molar-refractivity contribution in [3.8, 4) is 0 Å². The van der Waals surface area contributed by atoms with E-state index in [9.17, 15) is 9.18 Å². The van der Waals surface area contributed by atoms with Crippen LogP contribution in [0.4, 0.5) is 15.8 Å². The lowest BCUT2D eigenvalue weighted by Gasteiger charge is -2.21. The number of halogens is 1. The van der Waals surface area contributed by atoms with E-state index < -0.39 is 0 Å². The van der Waals surface area contributed by atoms with Gasteiger partial charge >= 0.3 is 0 Å². The highest BCUT2D eigenvalue weighted by molar-refractivity contribution is 6.07. The second kappa shape index (κ2) is 4.19. The highest BCUT2D eigenvalue weighted by Crippen LogP contribution is 2.38. The van der Waals surface area contributed by atoms with Crippen LogP contribution in [0.5, 0.6) is 0 Å². The van der Waals surface area contributed by atoms with E-state index >= 15 is 0 Å². The van der Waals surface area contributed by atoms with Gasteiger partial charge in [-0.05, 0) is 43.2 Å². The van der Waals surface area contributed by atoms with Gasteiger partial charge in [-0.15, -0.1) is 0 Å². The molecule has 0 radical (unpaired) electrons. The van der Waals surface area contributed by atoms with Gasteiger partial charge in [0.2, 0.25) is 5.91 Å². The zero-order valence-corrected chi connectivity index (χ0v) is 10.9. The van der Waals surface area contributed by atoms with E-state index in [0.29, 0.717) is 11.3 Å². The van der Waals surface area contributed by atoms with Crippen LogP contribution in [0.15, 0.2) is 36.4 Å². The summed E-state index contributed by atoms with van der Waals surface area (Å²) in [7, 11) is 0. The number of amides is 1. The van der Waals surface area contributed by atoms with Crippen LogP contribution >= 0.6 is 0 Å². The number of hydrogen-bond donors (Lipinski definition) is 0. The maximum Gasteiger partial charge on any atom is 0.236 e. The molecular weight excluding hydrogens is 241 g/mol. The fourth-order valence-electron chi connectivity index (χ4n) is 2.54. The average Bonchev–Trinajstić information content (AvgIpc) is 2.71. The standard InChI is InChI=1S/C16H14FNO/c1-10-5-3-7-14(11(10)2)18-15-8-4-6-13(17)12(15)9-16(18)19/h3-8H,9H2,1-2H3. The minimum Gasteiger partial charge on any atom is -0.280 e. The summed E-state index contributed by atoms with van der Waals surface area (Å²) in [5, 5.41) is 0. The van der Waals surface area contributed by atoms with E-state index in [-0.39, 0.29) is 18.1 Å². The molecule has 0 N–H and O–H groups in total. The first-order chi connectivity index (χ1) is 9.09. The zero-order chi connectivity index (χ0) is 13.6. The Morgan fingerprint density at radius 2 is 1.74 bits per heavy atom. The Morgan fingerprint density at radius 3 is 2.53 bits per heavy atom. The molecular formula is C16H14FNO. The lowest BCUT2D eigenvalue weighted by atomic mass is 10.1. The summed E-state index contributed by atoms with van der Waals surface area (Å²) >= 11 is 0. The highest BCUT2D eigenvalue weighted by Gasteiger charge is 2.31. The SMILES string of the molecule is Cc1cccc(N2C(=O)Cc3c(F)cccc32)c1C. The first kappa shape index (κ1) is 11.9. The van der Waals surface area contributed by atoms with Gasteiger partial charge in [0.15, 0.2) is 0 Å². The first-order valence-corrected chi connectivity index (χ1v) is 6.26. The van der Waals surface area contributed by atoms with Crippen molar-refractivity contribution in [2.75, 3.05) is 4.90 Å². The Balaban J connectivity index is 2.20. The third-order valence-corrected chi connectivity index (χ3v) is 3.73. The molecule has 1 heterocycles. The fourth-order valence-corrected chi connectivity index (χ4v) is 2.54. The molecule has 2 aromatic rings. The molecule has 0 aliphatic carbocycles. The van der Waals surface area contributed by atoms with Crippen molar-refractivity contribution in [2.45, 2.75) is 20.3 Å². The molecule has 0 saturated heterocycles. The Hall–Kier alpha value is -2.16. The van der Waals surface area contributed by atoms with Gasteiger partial charge in [-0.1, -0.05) is 18.2 Å². The predicted octanol–water partition coefficient (Wildman–Crippen LogP) is 3.66. The van der Waals surface area contributed by atoms with Gasteiger partial charge in [-0.2, -0.15) is 0 Å². The van der Waals surface area contributed by atoms with Crippen LogP contribution < -0.4 is 4.90 Å². The highest BCUT2D eigenvalue weighted by atomic mass is 19.1. The van der Waals surface area contributed by atoms with Gasteiger partial charge in [0.05, 0.1) is 17.8 Å². The molecule has 0 spiro atoms. The minimum absolute atomic E-state index is 0.0752. The number of carbonyl (C=O) groups is 1. The van der Waals surface area contributed by atoms with Crippen LogP contribution in [0.1, 0.15) is 16.7 Å². The summed E-state index contributed by atoms with van der Waals surface area (Å²) in [5.74, 6) is -0.382. The number of rotatable bonds is 1. The van der Waals surface area contributed by atoms with Gasteiger partial charge < -0.3 is 0 Å². The molecule has 1 amide bonds. The number of anilines is 2. The van der Waals surface area contributed by atoms with E-state index in [1.54, 1.807) is 17.0 Å². The van der Waals surface area contributed by atoms with Crippen molar-refractivity contribution in [3.05, 3.63) is 58.9 Å².